The van der Waals surface area contributed by atoms with Crippen molar-refractivity contribution in [3.05, 3.63) is 23.8 Å². The Hall–Kier alpha value is -0.960. The Balaban J connectivity index is 2.10. The summed E-state index contributed by atoms with van der Waals surface area (Å²) < 4.78 is 0. The molecule has 0 radical (unpaired) electrons. The Kier molecular flexibility index (Phi) is 2.54. The maximum Gasteiger partial charge on any atom is 0.131 e. The molecule has 0 aromatic carbocycles. The van der Waals surface area contributed by atoms with E-state index < -0.39 is 0 Å². The fourth-order valence-corrected chi connectivity index (χ4v) is 2.18. The topological polar surface area (TPSA) is 51.8 Å². The van der Waals surface area contributed by atoms with Crippen LogP contribution in [0.25, 0.3) is 0 Å². The normalized spacial score (nSPS) is 29.9. The Morgan fingerprint density at radius 3 is 2.12 bits per heavy atom. The van der Waals surface area contributed by atoms with E-state index in [1.54, 1.807) is 0 Å². The first-order chi connectivity index (χ1) is 7.28. The lowest BCUT2D eigenvalue weighted by Crippen LogP contribution is -2.48. The van der Waals surface area contributed by atoms with Gasteiger partial charge in [0.1, 0.15) is 5.82 Å². The minimum Gasteiger partial charge on any atom is -0.325 e. The molecule has 0 aliphatic heterocycles. The van der Waals surface area contributed by atoms with Gasteiger partial charge in [-0.05, 0) is 30.7 Å². The minimum absolute atomic E-state index is 0.00325. The molecule has 1 aliphatic rings. The SMILES string of the molecule is CC1(N)CC(c2ncc(C(C)(C)C)cn2)C1. The molecule has 16 heavy (non-hydrogen) atoms. The zero-order valence-electron chi connectivity index (χ0n) is 10.6. The molecule has 1 aromatic rings. The molecule has 0 bridgehead atoms. The Morgan fingerprint density at radius 1 is 1.25 bits per heavy atom. The third kappa shape index (κ3) is 2.24. The van der Waals surface area contributed by atoms with E-state index in [1.807, 2.05) is 12.4 Å². The first kappa shape index (κ1) is 11.5. The van der Waals surface area contributed by atoms with Crippen molar-refractivity contribution < 1.29 is 0 Å². The Morgan fingerprint density at radius 2 is 1.75 bits per heavy atom. The van der Waals surface area contributed by atoms with Gasteiger partial charge in [0.15, 0.2) is 0 Å². The van der Waals surface area contributed by atoms with E-state index in [0.29, 0.717) is 5.92 Å². The largest absolute Gasteiger partial charge is 0.325 e. The van der Waals surface area contributed by atoms with E-state index in [9.17, 15) is 0 Å². The van der Waals surface area contributed by atoms with E-state index in [4.69, 9.17) is 5.73 Å². The van der Waals surface area contributed by atoms with Crippen molar-refractivity contribution in [1.29, 1.82) is 0 Å². The summed E-state index contributed by atoms with van der Waals surface area (Å²) in [6, 6.07) is 0. The van der Waals surface area contributed by atoms with Gasteiger partial charge in [-0.1, -0.05) is 20.8 Å². The lowest BCUT2D eigenvalue weighted by Gasteiger charge is -2.41. The highest BCUT2D eigenvalue weighted by Gasteiger charge is 2.39. The first-order valence-corrected chi connectivity index (χ1v) is 5.89. The maximum absolute atomic E-state index is 5.99. The molecule has 2 N–H and O–H groups in total. The van der Waals surface area contributed by atoms with Crippen LogP contribution in [0.2, 0.25) is 0 Å². The van der Waals surface area contributed by atoms with E-state index in [-0.39, 0.29) is 11.0 Å². The molecule has 1 aromatic heterocycles. The number of nitrogens with zero attached hydrogens (tertiary/aromatic N) is 2. The zero-order chi connectivity index (χ0) is 12.0. The molecule has 0 saturated heterocycles. The second-order valence-electron chi connectivity index (χ2n) is 6.34. The van der Waals surface area contributed by atoms with Crippen LogP contribution in [-0.4, -0.2) is 15.5 Å². The van der Waals surface area contributed by atoms with Gasteiger partial charge in [0.05, 0.1) is 0 Å². The van der Waals surface area contributed by atoms with Crippen molar-refractivity contribution in [2.75, 3.05) is 0 Å². The summed E-state index contributed by atoms with van der Waals surface area (Å²) in [4.78, 5) is 8.93. The highest BCUT2D eigenvalue weighted by molar-refractivity contribution is 5.18. The van der Waals surface area contributed by atoms with Crippen molar-refractivity contribution in [3.8, 4) is 0 Å². The van der Waals surface area contributed by atoms with E-state index in [0.717, 1.165) is 18.7 Å². The number of rotatable bonds is 1. The summed E-state index contributed by atoms with van der Waals surface area (Å²) in [6.45, 7) is 8.61. The molecule has 3 nitrogen and oxygen atoms in total. The van der Waals surface area contributed by atoms with E-state index in [1.165, 1.54) is 5.56 Å². The van der Waals surface area contributed by atoms with Gasteiger partial charge in [-0.3, -0.25) is 0 Å². The molecule has 0 amide bonds. The van der Waals surface area contributed by atoms with Crippen LogP contribution in [0.1, 0.15) is 57.8 Å². The average Bonchev–Trinajstić information content (AvgIpc) is 2.13. The van der Waals surface area contributed by atoms with Gasteiger partial charge in [-0.15, -0.1) is 0 Å². The van der Waals surface area contributed by atoms with Crippen molar-refractivity contribution in [2.24, 2.45) is 5.73 Å². The number of nitrogens with two attached hydrogens (primary N) is 1. The molecule has 2 rings (SSSR count). The second-order valence-corrected chi connectivity index (χ2v) is 6.34. The average molecular weight is 219 g/mol. The number of hydrogen-bond donors (Lipinski definition) is 1. The van der Waals surface area contributed by atoms with Crippen LogP contribution in [0.15, 0.2) is 12.4 Å². The lowest BCUT2D eigenvalue weighted by molar-refractivity contribution is 0.222. The molecule has 1 fully saturated rings. The highest BCUT2D eigenvalue weighted by atomic mass is 14.9. The van der Waals surface area contributed by atoms with Crippen molar-refractivity contribution in [2.45, 2.75) is 57.4 Å². The minimum atomic E-state index is -0.00325. The van der Waals surface area contributed by atoms with Crippen LogP contribution in [0.3, 0.4) is 0 Å². The summed E-state index contributed by atoms with van der Waals surface area (Å²) >= 11 is 0. The lowest BCUT2D eigenvalue weighted by atomic mass is 9.70. The van der Waals surface area contributed by atoms with Gasteiger partial charge in [0.2, 0.25) is 0 Å². The van der Waals surface area contributed by atoms with Crippen LogP contribution in [0.5, 0.6) is 0 Å². The Labute approximate surface area is 97.5 Å². The van der Waals surface area contributed by atoms with Crippen molar-refractivity contribution >= 4 is 0 Å². The van der Waals surface area contributed by atoms with Crippen LogP contribution < -0.4 is 5.73 Å². The fraction of sp³-hybridized carbons (Fsp3) is 0.692. The summed E-state index contributed by atoms with van der Waals surface area (Å²) in [7, 11) is 0. The monoisotopic (exact) mass is 219 g/mol. The zero-order valence-corrected chi connectivity index (χ0v) is 10.6. The molecular weight excluding hydrogens is 198 g/mol. The van der Waals surface area contributed by atoms with Gasteiger partial charge in [-0.25, -0.2) is 9.97 Å². The van der Waals surface area contributed by atoms with Gasteiger partial charge in [0, 0.05) is 23.9 Å². The van der Waals surface area contributed by atoms with Crippen LogP contribution in [0, 0.1) is 0 Å². The standard InChI is InChI=1S/C13H21N3/c1-12(2,3)10-7-15-11(16-8-10)9-5-13(4,14)6-9/h7-9H,5-6,14H2,1-4H3. The predicted octanol–water partition coefficient (Wildman–Crippen LogP) is 2.37. The summed E-state index contributed by atoms with van der Waals surface area (Å²) in [5.41, 5.74) is 7.30. The van der Waals surface area contributed by atoms with E-state index >= 15 is 0 Å². The second kappa shape index (κ2) is 3.52. The summed E-state index contributed by atoms with van der Waals surface area (Å²) in [6.07, 6.45) is 5.91. The molecule has 88 valence electrons. The predicted molar refractivity (Wildman–Crippen MR) is 65.3 cm³/mol. The van der Waals surface area contributed by atoms with Crippen LogP contribution in [-0.2, 0) is 5.41 Å². The fourth-order valence-electron chi connectivity index (χ4n) is 2.18. The van der Waals surface area contributed by atoms with Gasteiger partial charge < -0.3 is 5.73 Å². The molecule has 3 heteroatoms. The maximum atomic E-state index is 5.99. The first-order valence-electron chi connectivity index (χ1n) is 5.89. The van der Waals surface area contributed by atoms with Crippen LogP contribution in [0.4, 0.5) is 0 Å². The molecular formula is C13H21N3. The highest BCUT2D eigenvalue weighted by Crippen LogP contribution is 2.41. The smallest absolute Gasteiger partial charge is 0.131 e. The van der Waals surface area contributed by atoms with Gasteiger partial charge in [-0.2, -0.15) is 0 Å². The summed E-state index contributed by atoms with van der Waals surface area (Å²) in [5.74, 6) is 1.42. The summed E-state index contributed by atoms with van der Waals surface area (Å²) in [5, 5.41) is 0. The Bertz CT molecular complexity index is 365. The third-order valence-electron chi connectivity index (χ3n) is 3.33. The quantitative estimate of drug-likeness (QED) is 0.789. The molecule has 0 unspecified atom stereocenters. The number of aromatic nitrogens is 2. The molecule has 0 atom stereocenters. The van der Waals surface area contributed by atoms with E-state index in [2.05, 4.69) is 37.7 Å². The van der Waals surface area contributed by atoms with Crippen molar-refractivity contribution in [3.63, 3.8) is 0 Å². The van der Waals surface area contributed by atoms with Gasteiger partial charge in [0.25, 0.3) is 0 Å². The number of hydrogen-bond acceptors (Lipinski definition) is 3. The van der Waals surface area contributed by atoms with Crippen LogP contribution >= 0.6 is 0 Å². The molecule has 1 aliphatic carbocycles. The van der Waals surface area contributed by atoms with Crippen molar-refractivity contribution in [1.82, 2.24) is 9.97 Å². The molecule has 1 heterocycles. The van der Waals surface area contributed by atoms with Gasteiger partial charge >= 0.3 is 0 Å². The molecule has 0 spiro atoms. The molecule has 1 saturated carbocycles. The third-order valence-corrected chi connectivity index (χ3v) is 3.33.